The van der Waals surface area contributed by atoms with Gasteiger partial charge >= 0.3 is 0 Å². The van der Waals surface area contributed by atoms with Gasteiger partial charge in [-0.3, -0.25) is 4.79 Å². The second-order valence-electron chi connectivity index (χ2n) is 2.63. The maximum Gasteiger partial charge on any atom is 0.194 e. The maximum atomic E-state index is 11.3. The molecule has 0 heterocycles. The molecule has 0 saturated heterocycles. The largest absolute Gasteiger partial charge is 0.287 e. The molecule has 15 heavy (non-hydrogen) atoms. The summed E-state index contributed by atoms with van der Waals surface area (Å²) in [7, 11) is 0. The molecule has 0 aliphatic heterocycles. The first kappa shape index (κ1) is 12.0. The molecular weight excluding hydrogens is 230 g/mol. The van der Waals surface area contributed by atoms with Gasteiger partial charge in [0.1, 0.15) is 0 Å². The quantitative estimate of drug-likeness (QED) is 0.287. The van der Waals surface area contributed by atoms with Crippen LogP contribution in [0.3, 0.4) is 0 Å². The van der Waals surface area contributed by atoms with Crippen molar-refractivity contribution in [1.29, 1.82) is 0 Å². The SMILES string of the molecule is [N-]=[N+]=Nc1ccc(SC(=O)CCS)cc1. The van der Waals surface area contributed by atoms with Crippen molar-refractivity contribution in [2.24, 2.45) is 5.11 Å². The summed E-state index contributed by atoms with van der Waals surface area (Å²) >= 11 is 5.15. The van der Waals surface area contributed by atoms with Crippen molar-refractivity contribution in [1.82, 2.24) is 0 Å². The first-order valence-electron chi connectivity index (χ1n) is 4.23. The molecular formula is C9H9N3OS2. The van der Waals surface area contributed by atoms with Crippen LogP contribution in [0.2, 0.25) is 0 Å². The molecule has 1 aromatic carbocycles. The normalized spacial score (nSPS) is 9.40. The minimum atomic E-state index is 0.0848. The first-order valence-corrected chi connectivity index (χ1v) is 5.68. The standard InChI is InChI=1S/C9H9N3OS2/c10-12-11-7-1-3-8(4-2-7)15-9(13)5-6-14/h1-4,14H,5-6H2. The number of hydrogen-bond acceptors (Lipinski definition) is 4. The van der Waals surface area contributed by atoms with Crippen molar-refractivity contribution in [3.05, 3.63) is 34.7 Å². The van der Waals surface area contributed by atoms with Crippen molar-refractivity contribution in [2.75, 3.05) is 5.75 Å². The first-order chi connectivity index (χ1) is 7.26. The Hall–Kier alpha value is -1.10. The van der Waals surface area contributed by atoms with E-state index in [2.05, 4.69) is 22.7 Å². The third kappa shape index (κ3) is 4.29. The predicted octanol–water partition coefficient (Wildman–Crippen LogP) is 3.57. The Kier molecular flexibility index (Phi) is 5.10. The molecule has 0 spiro atoms. The highest BCUT2D eigenvalue weighted by atomic mass is 32.2. The molecule has 0 aromatic heterocycles. The van der Waals surface area contributed by atoms with E-state index in [1.165, 1.54) is 11.8 Å². The fraction of sp³-hybridized carbons (Fsp3) is 0.222. The van der Waals surface area contributed by atoms with E-state index in [-0.39, 0.29) is 5.12 Å². The molecule has 1 rings (SSSR count). The highest BCUT2D eigenvalue weighted by Crippen LogP contribution is 2.23. The molecule has 0 fully saturated rings. The van der Waals surface area contributed by atoms with E-state index in [9.17, 15) is 4.79 Å². The molecule has 0 bridgehead atoms. The van der Waals surface area contributed by atoms with Gasteiger partial charge in [0.05, 0.1) is 0 Å². The van der Waals surface area contributed by atoms with Gasteiger partial charge in [0, 0.05) is 21.9 Å². The van der Waals surface area contributed by atoms with Crippen molar-refractivity contribution in [3.63, 3.8) is 0 Å². The number of carbonyl (C=O) groups excluding carboxylic acids is 1. The van der Waals surface area contributed by atoms with Crippen LogP contribution in [0.4, 0.5) is 5.69 Å². The molecule has 1 aromatic rings. The van der Waals surface area contributed by atoms with Gasteiger partial charge in [-0.15, -0.1) is 0 Å². The number of azide groups is 1. The minimum absolute atomic E-state index is 0.0848. The van der Waals surface area contributed by atoms with Crippen LogP contribution in [0.15, 0.2) is 34.3 Å². The highest BCUT2D eigenvalue weighted by molar-refractivity contribution is 8.13. The summed E-state index contributed by atoms with van der Waals surface area (Å²) in [6.07, 6.45) is 0.450. The number of carbonyl (C=O) groups is 1. The Morgan fingerprint density at radius 1 is 1.47 bits per heavy atom. The average molecular weight is 239 g/mol. The lowest BCUT2D eigenvalue weighted by atomic mass is 10.3. The zero-order chi connectivity index (χ0) is 11.1. The topological polar surface area (TPSA) is 65.8 Å². The molecule has 0 aliphatic rings. The Morgan fingerprint density at radius 3 is 2.67 bits per heavy atom. The van der Waals surface area contributed by atoms with Gasteiger partial charge in [0.2, 0.25) is 0 Å². The fourth-order valence-corrected chi connectivity index (χ4v) is 2.00. The number of benzene rings is 1. The number of hydrogen-bond donors (Lipinski definition) is 1. The van der Waals surface area contributed by atoms with E-state index in [1.54, 1.807) is 24.3 Å². The Morgan fingerprint density at radius 2 is 2.13 bits per heavy atom. The van der Waals surface area contributed by atoms with Crippen molar-refractivity contribution >= 4 is 35.2 Å². The summed E-state index contributed by atoms with van der Waals surface area (Å²) < 4.78 is 0. The van der Waals surface area contributed by atoms with E-state index < -0.39 is 0 Å². The third-order valence-corrected chi connectivity index (χ3v) is 2.71. The second-order valence-corrected chi connectivity index (χ2v) is 4.21. The summed E-state index contributed by atoms with van der Waals surface area (Å²) in [6, 6.07) is 6.86. The van der Waals surface area contributed by atoms with Gasteiger partial charge in [-0.2, -0.15) is 12.6 Å². The van der Waals surface area contributed by atoms with Crippen LogP contribution >= 0.6 is 24.4 Å². The zero-order valence-corrected chi connectivity index (χ0v) is 9.54. The third-order valence-electron chi connectivity index (χ3n) is 1.54. The summed E-state index contributed by atoms with van der Waals surface area (Å²) in [5.41, 5.74) is 8.74. The molecule has 6 heteroatoms. The van der Waals surface area contributed by atoms with E-state index in [4.69, 9.17) is 5.53 Å². The monoisotopic (exact) mass is 239 g/mol. The van der Waals surface area contributed by atoms with Gasteiger partial charge in [0.25, 0.3) is 0 Å². The van der Waals surface area contributed by atoms with Crippen LogP contribution < -0.4 is 0 Å². The lowest BCUT2D eigenvalue weighted by molar-refractivity contribution is -0.110. The van der Waals surface area contributed by atoms with Gasteiger partial charge in [0.15, 0.2) is 5.12 Å². The average Bonchev–Trinajstić information content (AvgIpc) is 2.22. The van der Waals surface area contributed by atoms with E-state index in [0.29, 0.717) is 17.9 Å². The lowest BCUT2D eigenvalue weighted by Crippen LogP contribution is -1.91. The van der Waals surface area contributed by atoms with Crippen LogP contribution in [0, 0.1) is 0 Å². The summed E-state index contributed by atoms with van der Waals surface area (Å²) in [6.45, 7) is 0. The molecule has 0 radical (unpaired) electrons. The van der Waals surface area contributed by atoms with Crippen LogP contribution in [-0.4, -0.2) is 10.9 Å². The molecule has 0 unspecified atom stereocenters. The highest BCUT2D eigenvalue weighted by Gasteiger charge is 2.02. The van der Waals surface area contributed by atoms with Crippen LogP contribution in [0.25, 0.3) is 10.4 Å². The predicted molar refractivity (Wildman–Crippen MR) is 64.6 cm³/mol. The summed E-state index contributed by atoms with van der Waals surface area (Å²) in [5.74, 6) is 0.558. The number of thiol groups is 1. The Bertz CT molecular complexity index is 385. The van der Waals surface area contributed by atoms with Gasteiger partial charge in [-0.25, -0.2) is 0 Å². The van der Waals surface area contributed by atoms with Crippen LogP contribution in [-0.2, 0) is 4.79 Å². The molecule has 0 saturated carbocycles. The minimum Gasteiger partial charge on any atom is -0.287 e. The number of thioether (sulfide) groups is 1. The van der Waals surface area contributed by atoms with E-state index in [0.717, 1.165) is 4.90 Å². The van der Waals surface area contributed by atoms with Crippen molar-refractivity contribution in [3.8, 4) is 0 Å². The molecule has 78 valence electrons. The van der Waals surface area contributed by atoms with Gasteiger partial charge in [-0.1, -0.05) is 29.0 Å². The van der Waals surface area contributed by atoms with E-state index in [1.807, 2.05) is 0 Å². The zero-order valence-electron chi connectivity index (χ0n) is 7.83. The van der Waals surface area contributed by atoms with Crippen LogP contribution in [0.1, 0.15) is 6.42 Å². The maximum absolute atomic E-state index is 11.3. The number of nitrogens with zero attached hydrogens (tertiary/aromatic N) is 3. The van der Waals surface area contributed by atoms with Crippen LogP contribution in [0.5, 0.6) is 0 Å². The van der Waals surface area contributed by atoms with Gasteiger partial charge < -0.3 is 0 Å². The van der Waals surface area contributed by atoms with Crippen molar-refractivity contribution in [2.45, 2.75) is 11.3 Å². The Balaban J connectivity index is 2.64. The fourth-order valence-electron chi connectivity index (χ4n) is 0.906. The lowest BCUT2D eigenvalue weighted by Gasteiger charge is -1.99. The smallest absolute Gasteiger partial charge is 0.194 e. The molecule has 0 N–H and O–H groups in total. The van der Waals surface area contributed by atoms with Crippen molar-refractivity contribution < 1.29 is 4.79 Å². The number of rotatable bonds is 4. The molecule has 0 amide bonds. The van der Waals surface area contributed by atoms with E-state index >= 15 is 0 Å². The molecule has 0 aliphatic carbocycles. The van der Waals surface area contributed by atoms with Gasteiger partial charge in [-0.05, 0) is 23.4 Å². The Labute approximate surface area is 97.1 Å². The summed E-state index contributed by atoms with van der Waals surface area (Å²) in [5, 5.41) is 3.52. The summed E-state index contributed by atoms with van der Waals surface area (Å²) in [4.78, 5) is 14.8. The molecule has 0 atom stereocenters. The second kappa shape index (κ2) is 6.40. The molecule has 4 nitrogen and oxygen atoms in total.